The molecule has 1 saturated carbocycles. The average molecular weight is 522 g/mol. The van der Waals surface area contributed by atoms with Crippen LogP contribution in [-0.2, 0) is 10.0 Å². The van der Waals surface area contributed by atoms with Crippen molar-refractivity contribution in [1.82, 2.24) is 19.9 Å². The first-order valence-corrected chi connectivity index (χ1v) is 11.3. The number of aromatic nitrogens is 1. The largest absolute Gasteiger partial charge is 0.357 e. The van der Waals surface area contributed by atoms with Crippen LogP contribution in [0, 0.1) is 5.92 Å². The van der Waals surface area contributed by atoms with E-state index in [0.717, 1.165) is 18.8 Å². The minimum atomic E-state index is -3.30. The van der Waals surface area contributed by atoms with Gasteiger partial charge in [-0.3, -0.25) is 4.99 Å². The summed E-state index contributed by atoms with van der Waals surface area (Å²) in [7, 11) is -3.30. The molecule has 2 atom stereocenters. The van der Waals surface area contributed by atoms with Crippen LogP contribution < -0.4 is 15.5 Å². The second-order valence-electron chi connectivity index (χ2n) is 7.11. The number of hydrogen-bond acceptors (Lipinski definition) is 5. The van der Waals surface area contributed by atoms with Crippen molar-refractivity contribution in [3.63, 3.8) is 0 Å². The number of nitrogens with one attached hydrogen (secondary N) is 2. The van der Waals surface area contributed by atoms with Crippen molar-refractivity contribution < 1.29 is 8.42 Å². The van der Waals surface area contributed by atoms with Gasteiger partial charge in [0.05, 0.1) is 12.3 Å². The Balaban J connectivity index is 0.00000280. The molecule has 2 fully saturated rings. The molecule has 0 amide bonds. The molecular weight excluding hydrogens is 491 g/mol. The molecule has 1 aliphatic heterocycles. The van der Waals surface area contributed by atoms with E-state index in [9.17, 15) is 8.42 Å². The van der Waals surface area contributed by atoms with E-state index >= 15 is 0 Å². The van der Waals surface area contributed by atoms with Gasteiger partial charge in [0.2, 0.25) is 10.0 Å². The lowest BCUT2D eigenvalue weighted by Gasteiger charge is -2.34. The number of sulfonamides is 1. The van der Waals surface area contributed by atoms with Gasteiger partial charge in [0.15, 0.2) is 5.96 Å². The third-order valence-corrected chi connectivity index (χ3v) is 6.85. The van der Waals surface area contributed by atoms with Gasteiger partial charge in [0.25, 0.3) is 0 Å². The predicted molar refractivity (Wildman–Crippen MR) is 124 cm³/mol. The summed E-state index contributed by atoms with van der Waals surface area (Å²) >= 11 is 0. The molecule has 1 aromatic rings. The molecule has 28 heavy (non-hydrogen) atoms. The van der Waals surface area contributed by atoms with E-state index in [0.29, 0.717) is 44.1 Å². The summed E-state index contributed by atoms with van der Waals surface area (Å²) in [6.45, 7) is 7.50. The Bertz CT molecular complexity index is 738. The number of aliphatic imine (C=N–C) groups is 1. The van der Waals surface area contributed by atoms with Crippen molar-refractivity contribution in [2.45, 2.75) is 26.3 Å². The summed E-state index contributed by atoms with van der Waals surface area (Å²) in [6.07, 6.45) is 2.90. The van der Waals surface area contributed by atoms with Crippen molar-refractivity contribution in [3.8, 4) is 0 Å². The summed E-state index contributed by atoms with van der Waals surface area (Å²) in [5.41, 5.74) is 0. The Hall–Kier alpha value is -1.14. The Kier molecular flexibility index (Phi) is 8.75. The van der Waals surface area contributed by atoms with Gasteiger partial charge in [-0.25, -0.2) is 13.4 Å². The van der Waals surface area contributed by atoms with E-state index in [1.807, 2.05) is 25.1 Å². The normalized spacial score (nSPS) is 23.1. The van der Waals surface area contributed by atoms with Gasteiger partial charge in [0, 0.05) is 45.0 Å². The second-order valence-corrected chi connectivity index (χ2v) is 9.20. The Morgan fingerprint density at radius 3 is 2.57 bits per heavy atom. The fraction of sp³-hybridized carbons (Fsp3) is 0.667. The molecule has 8 nitrogen and oxygen atoms in total. The number of anilines is 1. The summed E-state index contributed by atoms with van der Waals surface area (Å²) in [5.74, 6) is 2.30. The third kappa shape index (κ3) is 6.45. The fourth-order valence-electron chi connectivity index (χ4n) is 3.16. The lowest BCUT2D eigenvalue weighted by molar-refractivity contribution is 0.384. The van der Waals surface area contributed by atoms with Gasteiger partial charge in [-0.2, -0.15) is 4.31 Å². The smallest absolute Gasteiger partial charge is 0.216 e. The summed E-state index contributed by atoms with van der Waals surface area (Å²) < 4.78 is 26.8. The molecule has 1 aromatic heterocycles. The highest BCUT2D eigenvalue weighted by Gasteiger charge is 2.33. The number of hydrogen-bond donors (Lipinski definition) is 2. The number of pyridine rings is 1. The number of rotatable bonds is 7. The molecule has 158 valence electrons. The molecule has 0 spiro atoms. The van der Waals surface area contributed by atoms with Gasteiger partial charge >= 0.3 is 0 Å². The zero-order valence-corrected chi connectivity index (χ0v) is 19.7. The third-order valence-electron chi connectivity index (χ3n) is 5.00. The Morgan fingerprint density at radius 2 is 2.00 bits per heavy atom. The Morgan fingerprint density at radius 1 is 1.29 bits per heavy atom. The van der Waals surface area contributed by atoms with Crippen LogP contribution in [0.5, 0.6) is 0 Å². The highest BCUT2D eigenvalue weighted by Crippen LogP contribution is 2.28. The van der Waals surface area contributed by atoms with E-state index in [1.54, 1.807) is 10.5 Å². The molecule has 1 saturated heterocycles. The van der Waals surface area contributed by atoms with E-state index < -0.39 is 10.0 Å². The predicted octanol–water partition coefficient (Wildman–Crippen LogP) is 1.11. The molecule has 3 rings (SSSR count). The zero-order chi connectivity index (χ0) is 19.3. The van der Waals surface area contributed by atoms with Gasteiger partial charge in [-0.15, -0.1) is 24.0 Å². The molecule has 2 aliphatic rings. The topological polar surface area (TPSA) is 89.9 Å². The molecule has 2 unspecified atom stereocenters. The van der Waals surface area contributed by atoms with E-state index in [-0.39, 0.29) is 36.3 Å². The molecule has 0 aromatic carbocycles. The SMILES string of the molecule is CCNC(=NCCS(=O)(=O)N1CCN(c2ccccn2)CC1)NC1CC1C.I. The molecule has 2 heterocycles. The number of guanidine groups is 1. The van der Waals surface area contributed by atoms with Crippen molar-refractivity contribution >= 4 is 45.8 Å². The number of piperazine rings is 1. The van der Waals surface area contributed by atoms with Crippen molar-refractivity contribution in [1.29, 1.82) is 0 Å². The standard InChI is InChI=1S/C18H30N6O2S.HI/c1-3-19-18(22-16-14-15(16)2)21-8-13-27(25,26)24-11-9-23(10-12-24)17-6-4-5-7-20-17;/h4-7,15-16H,3,8-14H2,1-2H3,(H2,19,21,22);1H. The van der Waals surface area contributed by atoms with Crippen LogP contribution in [0.4, 0.5) is 5.82 Å². The number of nitrogens with zero attached hydrogens (tertiary/aromatic N) is 4. The average Bonchev–Trinajstić information content (AvgIpc) is 3.37. The van der Waals surface area contributed by atoms with Crippen LogP contribution in [0.25, 0.3) is 0 Å². The maximum absolute atomic E-state index is 12.6. The zero-order valence-electron chi connectivity index (χ0n) is 16.5. The maximum Gasteiger partial charge on any atom is 0.216 e. The molecule has 0 radical (unpaired) electrons. The summed E-state index contributed by atoms with van der Waals surface area (Å²) in [5, 5.41) is 6.53. The van der Waals surface area contributed by atoms with E-state index in [4.69, 9.17) is 0 Å². The van der Waals surface area contributed by atoms with Crippen LogP contribution in [0.2, 0.25) is 0 Å². The van der Waals surface area contributed by atoms with Crippen molar-refractivity contribution in [3.05, 3.63) is 24.4 Å². The van der Waals surface area contributed by atoms with Crippen LogP contribution in [0.1, 0.15) is 20.3 Å². The first kappa shape index (κ1) is 23.1. The summed E-state index contributed by atoms with van der Waals surface area (Å²) in [6, 6.07) is 6.24. The van der Waals surface area contributed by atoms with Crippen LogP contribution >= 0.6 is 24.0 Å². The molecular formula is C18H31IN6O2S. The van der Waals surface area contributed by atoms with Crippen LogP contribution in [-0.4, -0.2) is 74.7 Å². The van der Waals surface area contributed by atoms with E-state index in [1.165, 1.54) is 0 Å². The van der Waals surface area contributed by atoms with Gasteiger partial charge in [-0.1, -0.05) is 13.0 Å². The highest BCUT2D eigenvalue weighted by molar-refractivity contribution is 14.0. The second kappa shape index (κ2) is 10.6. The minimum Gasteiger partial charge on any atom is -0.357 e. The van der Waals surface area contributed by atoms with Crippen LogP contribution in [0.3, 0.4) is 0 Å². The molecule has 0 bridgehead atoms. The van der Waals surface area contributed by atoms with Gasteiger partial charge < -0.3 is 15.5 Å². The summed E-state index contributed by atoms with van der Waals surface area (Å²) in [4.78, 5) is 10.9. The van der Waals surface area contributed by atoms with Crippen molar-refractivity contribution in [2.75, 3.05) is 49.9 Å². The first-order chi connectivity index (χ1) is 13.0. The van der Waals surface area contributed by atoms with Gasteiger partial charge in [-0.05, 0) is 31.4 Å². The Labute approximate surface area is 185 Å². The quantitative estimate of drug-likeness (QED) is 0.317. The fourth-order valence-corrected chi connectivity index (χ4v) is 4.46. The minimum absolute atomic E-state index is 0. The van der Waals surface area contributed by atoms with Crippen LogP contribution in [0.15, 0.2) is 29.4 Å². The number of halogens is 1. The lowest BCUT2D eigenvalue weighted by atomic mass is 10.3. The van der Waals surface area contributed by atoms with Gasteiger partial charge in [0.1, 0.15) is 5.82 Å². The monoisotopic (exact) mass is 522 g/mol. The highest BCUT2D eigenvalue weighted by atomic mass is 127. The molecule has 10 heteroatoms. The molecule has 2 N–H and O–H groups in total. The van der Waals surface area contributed by atoms with E-state index in [2.05, 4.69) is 32.4 Å². The lowest BCUT2D eigenvalue weighted by Crippen LogP contribution is -2.49. The molecule has 1 aliphatic carbocycles. The van der Waals surface area contributed by atoms with Crippen molar-refractivity contribution in [2.24, 2.45) is 10.9 Å². The first-order valence-electron chi connectivity index (χ1n) is 9.68. The maximum atomic E-state index is 12.6.